The quantitative estimate of drug-likeness (QED) is 0.455. The summed E-state index contributed by atoms with van der Waals surface area (Å²) < 4.78 is 16.2. The van der Waals surface area contributed by atoms with E-state index in [1.807, 2.05) is 16.7 Å². The van der Waals surface area contributed by atoms with Gasteiger partial charge in [-0.15, -0.1) is 0 Å². The molecule has 0 saturated carbocycles. The summed E-state index contributed by atoms with van der Waals surface area (Å²) in [7, 11) is 2.53. The molecule has 7 heteroatoms. The largest absolute Gasteiger partial charge is 0.500 e. The van der Waals surface area contributed by atoms with Crippen LogP contribution in [0.5, 0.6) is 0 Å². The second-order valence-corrected chi connectivity index (χ2v) is 9.25. The minimum atomic E-state index is -2.41. The Kier molecular flexibility index (Phi) is 8.12. The van der Waals surface area contributed by atoms with Crippen LogP contribution in [0.25, 0.3) is 0 Å². The number of amides is 1. The van der Waals surface area contributed by atoms with E-state index >= 15 is 0 Å². The molecule has 1 rings (SSSR count). The fraction of sp³-hybridized carbons (Fsp3) is 0.923. The van der Waals surface area contributed by atoms with Gasteiger partial charge >= 0.3 is 8.80 Å². The van der Waals surface area contributed by atoms with Crippen molar-refractivity contribution in [3.8, 4) is 0 Å². The van der Waals surface area contributed by atoms with Gasteiger partial charge < -0.3 is 18.2 Å². The SMILES string of the molecule is CO[Si](CCCSCC(C)N1CCCC1=O)(OC)OC. The van der Waals surface area contributed by atoms with E-state index in [1.54, 1.807) is 21.3 Å². The average molecular weight is 322 g/mol. The average Bonchev–Trinajstić information content (AvgIpc) is 2.89. The number of rotatable bonds is 10. The number of carbonyl (C=O) groups is 1. The number of hydrogen-bond acceptors (Lipinski definition) is 5. The summed E-state index contributed by atoms with van der Waals surface area (Å²) in [6.45, 7) is 3.06. The molecule has 0 bridgehead atoms. The molecular weight excluding hydrogens is 294 g/mol. The molecule has 0 N–H and O–H groups in total. The van der Waals surface area contributed by atoms with E-state index in [0.29, 0.717) is 11.9 Å². The van der Waals surface area contributed by atoms with Crippen LogP contribution in [0.3, 0.4) is 0 Å². The van der Waals surface area contributed by atoms with Gasteiger partial charge in [-0.2, -0.15) is 11.8 Å². The van der Waals surface area contributed by atoms with E-state index < -0.39 is 8.80 Å². The number of hydrogen-bond donors (Lipinski definition) is 0. The van der Waals surface area contributed by atoms with Crippen molar-refractivity contribution in [1.82, 2.24) is 4.90 Å². The molecule has 5 nitrogen and oxygen atoms in total. The molecule has 1 aliphatic heterocycles. The topological polar surface area (TPSA) is 48.0 Å². The maximum Gasteiger partial charge on any atom is 0.500 e. The Hall–Kier alpha value is -0.0831. The molecule has 0 spiro atoms. The Morgan fingerprint density at radius 3 is 2.45 bits per heavy atom. The van der Waals surface area contributed by atoms with Gasteiger partial charge in [0, 0.05) is 52.1 Å². The zero-order chi connectivity index (χ0) is 15.0. The van der Waals surface area contributed by atoms with E-state index in [-0.39, 0.29) is 0 Å². The molecule has 1 amide bonds. The molecule has 0 aromatic carbocycles. The van der Waals surface area contributed by atoms with Crippen molar-refractivity contribution in [2.24, 2.45) is 0 Å². The van der Waals surface area contributed by atoms with Crippen LogP contribution in [0.2, 0.25) is 6.04 Å². The van der Waals surface area contributed by atoms with E-state index in [4.69, 9.17) is 13.3 Å². The highest BCUT2D eigenvalue weighted by atomic mass is 32.2. The van der Waals surface area contributed by atoms with Gasteiger partial charge in [0.05, 0.1) is 0 Å². The van der Waals surface area contributed by atoms with Crippen molar-refractivity contribution >= 4 is 26.5 Å². The number of nitrogens with zero attached hydrogens (tertiary/aromatic N) is 1. The van der Waals surface area contributed by atoms with Crippen LogP contribution in [0.15, 0.2) is 0 Å². The van der Waals surface area contributed by atoms with Crippen LogP contribution in [0.4, 0.5) is 0 Å². The Labute approximate surface area is 127 Å². The molecule has 118 valence electrons. The zero-order valence-corrected chi connectivity index (χ0v) is 14.8. The Morgan fingerprint density at radius 1 is 1.30 bits per heavy atom. The Balaban J connectivity index is 2.17. The van der Waals surface area contributed by atoms with Gasteiger partial charge in [0.25, 0.3) is 0 Å². The van der Waals surface area contributed by atoms with Crippen molar-refractivity contribution < 1.29 is 18.1 Å². The lowest BCUT2D eigenvalue weighted by Crippen LogP contribution is -2.42. The maximum absolute atomic E-state index is 11.6. The summed E-state index contributed by atoms with van der Waals surface area (Å²) in [5.41, 5.74) is 0. The maximum atomic E-state index is 11.6. The van der Waals surface area contributed by atoms with Gasteiger partial charge in [0.15, 0.2) is 0 Å². The van der Waals surface area contributed by atoms with Crippen LogP contribution >= 0.6 is 11.8 Å². The molecule has 1 heterocycles. The molecular formula is C13H27NO4SSi. The molecule has 20 heavy (non-hydrogen) atoms. The summed E-state index contributed by atoms with van der Waals surface area (Å²) in [6, 6.07) is 1.17. The number of likely N-dealkylation sites (tertiary alicyclic amines) is 1. The van der Waals surface area contributed by atoms with Gasteiger partial charge in [0.1, 0.15) is 0 Å². The predicted molar refractivity (Wildman–Crippen MR) is 83.9 cm³/mol. The third-order valence-corrected chi connectivity index (χ3v) is 7.83. The highest BCUT2D eigenvalue weighted by Gasteiger charge is 2.36. The first-order valence-electron chi connectivity index (χ1n) is 7.11. The van der Waals surface area contributed by atoms with E-state index in [9.17, 15) is 4.79 Å². The van der Waals surface area contributed by atoms with Crippen LogP contribution in [-0.2, 0) is 18.1 Å². The van der Waals surface area contributed by atoms with Crippen LogP contribution in [-0.4, -0.2) is 65.0 Å². The summed E-state index contributed by atoms with van der Waals surface area (Å²) in [4.78, 5) is 13.6. The van der Waals surface area contributed by atoms with E-state index in [1.165, 1.54) is 0 Å². The molecule has 1 unspecified atom stereocenters. The van der Waals surface area contributed by atoms with E-state index in [0.717, 1.165) is 43.4 Å². The molecule has 0 aromatic rings. The van der Waals surface area contributed by atoms with Crippen molar-refractivity contribution in [1.29, 1.82) is 0 Å². The standard InChI is InChI=1S/C13H27NO4SSi/c1-12(14-8-5-7-13(14)15)11-19-9-6-10-20(16-2,17-3)18-4/h12H,5-11H2,1-4H3. The molecule has 1 atom stereocenters. The van der Waals surface area contributed by atoms with Crippen molar-refractivity contribution in [2.45, 2.75) is 38.3 Å². The molecule has 1 aliphatic rings. The first-order valence-corrected chi connectivity index (χ1v) is 10.2. The molecule has 1 fully saturated rings. The van der Waals surface area contributed by atoms with Crippen molar-refractivity contribution in [2.75, 3.05) is 39.4 Å². The Morgan fingerprint density at radius 2 is 1.95 bits per heavy atom. The molecule has 0 aromatic heterocycles. The first kappa shape index (κ1) is 18.0. The smallest absolute Gasteiger partial charge is 0.377 e. The Bertz CT molecular complexity index is 294. The fourth-order valence-corrected chi connectivity index (χ4v) is 5.44. The molecule has 0 radical (unpaired) electrons. The van der Waals surface area contributed by atoms with E-state index in [2.05, 4.69) is 6.92 Å². The van der Waals surface area contributed by atoms with Gasteiger partial charge in [0.2, 0.25) is 5.91 Å². The zero-order valence-electron chi connectivity index (χ0n) is 13.0. The van der Waals surface area contributed by atoms with Gasteiger partial charge in [-0.05, 0) is 25.5 Å². The summed E-state index contributed by atoms with van der Waals surface area (Å²) in [6.07, 6.45) is 2.74. The summed E-state index contributed by atoms with van der Waals surface area (Å²) in [5.74, 6) is 2.34. The molecule has 0 aliphatic carbocycles. The highest BCUT2D eigenvalue weighted by Crippen LogP contribution is 2.20. The lowest BCUT2D eigenvalue weighted by molar-refractivity contribution is -0.128. The number of carbonyl (C=O) groups excluding carboxylic acids is 1. The minimum Gasteiger partial charge on any atom is -0.377 e. The lowest BCUT2D eigenvalue weighted by atomic mass is 10.3. The third kappa shape index (κ3) is 5.03. The fourth-order valence-electron chi connectivity index (χ4n) is 2.43. The second kappa shape index (κ2) is 9.04. The third-order valence-electron chi connectivity index (χ3n) is 3.71. The highest BCUT2D eigenvalue weighted by molar-refractivity contribution is 7.99. The monoisotopic (exact) mass is 321 g/mol. The lowest BCUT2D eigenvalue weighted by Gasteiger charge is -2.25. The van der Waals surface area contributed by atoms with Gasteiger partial charge in [-0.3, -0.25) is 4.79 Å². The normalized spacial score (nSPS) is 17.8. The van der Waals surface area contributed by atoms with Gasteiger partial charge in [-0.25, -0.2) is 0 Å². The summed E-state index contributed by atoms with van der Waals surface area (Å²) >= 11 is 1.88. The van der Waals surface area contributed by atoms with Crippen LogP contribution < -0.4 is 0 Å². The summed E-state index contributed by atoms with van der Waals surface area (Å²) in [5, 5.41) is 0. The first-order chi connectivity index (χ1) is 9.58. The van der Waals surface area contributed by atoms with Gasteiger partial charge in [-0.1, -0.05) is 0 Å². The van der Waals surface area contributed by atoms with Crippen molar-refractivity contribution in [3.05, 3.63) is 0 Å². The minimum absolute atomic E-state index is 0.308. The van der Waals surface area contributed by atoms with Crippen LogP contribution in [0, 0.1) is 0 Å². The van der Waals surface area contributed by atoms with Crippen molar-refractivity contribution in [3.63, 3.8) is 0 Å². The second-order valence-electron chi connectivity index (χ2n) is 5.01. The number of thioether (sulfide) groups is 1. The predicted octanol–water partition coefficient (Wildman–Crippen LogP) is 2.00. The molecule has 1 saturated heterocycles. The van der Waals surface area contributed by atoms with Crippen LogP contribution in [0.1, 0.15) is 26.2 Å².